The Morgan fingerprint density at radius 2 is 1.76 bits per heavy atom. The normalized spacial score (nSPS) is 44.3. The lowest BCUT2D eigenvalue weighted by Crippen LogP contribution is -2.54. The van der Waals surface area contributed by atoms with Gasteiger partial charge in [-0.15, -0.1) is 0 Å². The third-order valence-corrected chi connectivity index (χ3v) is 7.55. The van der Waals surface area contributed by atoms with E-state index in [1.54, 1.807) is 13.8 Å². The van der Waals surface area contributed by atoms with Crippen molar-refractivity contribution in [3.8, 4) is 0 Å². The predicted molar refractivity (Wildman–Crippen MR) is 100 cm³/mol. The van der Waals surface area contributed by atoms with Crippen LogP contribution in [0.25, 0.3) is 0 Å². The summed E-state index contributed by atoms with van der Waals surface area (Å²) in [4.78, 5) is 0. The van der Waals surface area contributed by atoms with E-state index in [1.807, 2.05) is 13.8 Å². The van der Waals surface area contributed by atoms with E-state index in [1.165, 1.54) is 0 Å². The van der Waals surface area contributed by atoms with Crippen LogP contribution in [0.3, 0.4) is 0 Å². The molecule has 2 rings (SSSR count). The van der Waals surface area contributed by atoms with Gasteiger partial charge in [-0.05, 0) is 77.6 Å². The van der Waals surface area contributed by atoms with Gasteiger partial charge in [0.25, 0.3) is 0 Å². The molecule has 1 aliphatic carbocycles. The van der Waals surface area contributed by atoms with Gasteiger partial charge in [0, 0.05) is 6.42 Å². The lowest BCUT2D eigenvalue weighted by Gasteiger charge is -2.47. The van der Waals surface area contributed by atoms with Crippen molar-refractivity contribution in [2.75, 3.05) is 0 Å². The molecule has 148 valence electrons. The van der Waals surface area contributed by atoms with Crippen LogP contribution in [0.4, 0.5) is 0 Å². The Kier molecular flexibility index (Phi) is 5.73. The second-order valence-corrected chi connectivity index (χ2v) is 10.2. The van der Waals surface area contributed by atoms with Gasteiger partial charge in [0.2, 0.25) is 0 Å². The van der Waals surface area contributed by atoms with Crippen molar-refractivity contribution in [2.45, 2.75) is 115 Å². The molecule has 3 N–H and O–H groups in total. The van der Waals surface area contributed by atoms with Crippen LogP contribution < -0.4 is 0 Å². The topological polar surface area (TPSA) is 69.9 Å². The lowest BCUT2D eigenvalue weighted by atomic mass is 9.65. The molecule has 0 unspecified atom stereocenters. The van der Waals surface area contributed by atoms with Gasteiger partial charge in [-0.1, -0.05) is 20.8 Å². The SMILES string of the molecule is CC(C)[C@H]1CC[C@H](C)[C@@](O)(C[C@@H](O)[C@@]2(C)CC[C@@](C)(C(C)(C)O)O2)C1. The van der Waals surface area contributed by atoms with Crippen molar-refractivity contribution in [1.82, 2.24) is 0 Å². The monoisotopic (exact) mass is 356 g/mol. The highest BCUT2D eigenvalue weighted by molar-refractivity contribution is 5.05. The van der Waals surface area contributed by atoms with Crippen molar-refractivity contribution in [1.29, 1.82) is 0 Å². The molecular weight excluding hydrogens is 316 g/mol. The van der Waals surface area contributed by atoms with Crippen LogP contribution in [-0.2, 0) is 4.74 Å². The molecule has 2 aliphatic rings. The van der Waals surface area contributed by atoms with E-state index in [0.717, 1.165) is 19.3 Å². The highest BCUT2D eigenvalue weighted by Crippen LogP contribution is 2.49. The minimum absolute atomic E-state index is 0.183. The van der Waals surface area contributed by atoms with Crippen LogP contribution in [0, 0.1) is 17.8 Å². The minimum Gasteiger partial charge on any atom is -0.390 e. The first kappa shape index (κ1) is 21.1. The first-order valence-electron chi connectivity index (χ1n) is 10.1. The second-order valence-electron chi connectivity index (χ2n) is 10.2. The summed E-state index contributed by atoms with van der Waals surface area (Å²) in [5, 5.41) is 32.8. The van der Waals surface area contributed by atoms with Gasteiger partial charge >= 0.3 is 0 Å². The van der Waals surface area contributed by atoms with Gasteiger partial charge in [-0.2, -0.15) is 0 Å². The molecule has 2 fully saturated rings. The Morgan fingerprint density at radius 1 is 1.16 bits per heavy atom. The molecule has 0 aromatic carbocycles. The summed E-state index contributed by atoms with van der Waals surface area (Å²) >= 11 is 0. The summed E-state index contributed by atoms with van der Waals surface area (Å²) < 4.78 is 6.25. The second kappa shape index (κ2) is 6.78. The Bertz CT molecular complexity index is 471. The molecule has 0 spiro atoms. The van der Waals surface area contributed by atoms with Gasteiger partial charge in [0.1, 0.15) is 0 Å². The Balaban J connectivity index is 2.11. The molecule has 0 aromatic heterocycles. The maximum Gasteiger partial charge on any atom is 0.0944 e. The summed E-state index contributed by atoms with van der Waals surface area (Å²) in [6, 6.07) is 0. The number of hydrogen-bond donors (Lipinski definition) is 3. The number of aliphatic hydroxyl groups excluding tert-OH is 1. The van der Waals surface area contributed by atoms with E-state index in [9.17, 15) is 15.3 Å². The van der Waals surface area contributed by atoms with E-state index < -0.39 is 28.5 Å². The zero-order valence-corrected chi connectivity index (χ0v) is 17.3. The highest BCUT2D eigenvalue weighted by atomic mass is 16.6. The van der Waals surface area contributed by atoms with Gasteiger partial charge in [0.15, 0.2) is 0 Å². The zero-order valence-electron chi connectivity index (χ0n) is 17.3. The number of hydrogen-bond acceptors (Lipinski definition) is 4. The molecule has 4 heteroatoms. The predicted octanol–water partition coefficient (Wildman–Crippen LogP) is 3.66. The number of aliphatic hydroxyl groups is 3. The van der Waals surface area contributed by atoms with Crippen LogP contribution in [-0.4, -0.2) is 43.8 Å². The minimum atomic E-state index is -0.970. The molecule has 0 radical (unpaired) electrons. The number of ether oxygens (including phenoxy) is 1. The van der Waals surface area contributed by atoms with Crippen LogP contribution in [0.1, 0.15) is 87.0 Å². The lowest BCUT2D eigenvalue weighted by molar-refractivity contribution is -0.213. The standard InChI is InChI=1S/C21H40O4/c1-14(2)16-9-8-15(3)21(24,12-16)13-17(22)19(6)10-11-20(7,25-19)18(4,5)23/h14-17,22-24H,8-13H2,1-7H3/t15-,16-,17+,19+,20-,21-/m0/s1. The summed E-state index contributed by atoms with van der Waals surface area (Å²) in [5.41, 5.74) is -3.21. The fourth-order valence-electron chi connectivity index (χ4n) is 4.66. The molecule has 6 atom stereocenters. The van der Waals surface area contributed by atoms with Gasteiger partial charge in [0.05, 0.1) is 28.5 Å². The fourth-order valence-corrected chi connectivity index (χ4v) is 4.66. The van der Waals surface area contributed by atoms with E-state index in [4.69, 9.17) is 4.74 Å². The molecular formula is C21H40O4. The quantitative estimate of drug-likeness (QED) is 0.703. The summed E-state index contributed by atoms with van der Waals surface area (Å²) in [6.07, 6.45) is 3.90. The summed E-state index contributed by atoms with van der Waals surface area (Å²) in [5.74, 6) is 1.24. The van der Waals surface area contributed by atoms with Crippen molar-refractivity contribution in [3.63, 3.8) is 0 Å². The molecule has 1 aliphatic heterocycles. The third-order valence-electron chi connectivity index (χ3n) is 7.55. The summed E-state index contributed by atoms with van der Waals surface area (Å²) in [6.45, 7) is 13.9. The van der Waals surface area contributed by atoms with Gasteiger partial charge in [-0.3, -0.25) is 0 Å². The van der Waals surface area contributed by atoms with E-state index in [0.29, 0.717) is 31.1 Å². The summed E-state index contributed by atoms with van der Waals surface area (Å²) in [7, 11) is 0. The Morgan fingerprint density at radius 3 is 2.24 bits per heavy atom. The smallest absolute Gasteiger partial charge is 0.0944 e. The van der Waals surface area contributed by atoms with Crippen molar-refractivity contribution in [2.24, 2.45) is 17.8 Å². The van der Waals surface area contributed by atoms with Crippen molar-refractivity contribution >= 4 is 0 Å². The maximum absolute atomic E-state index is 11.3. The van der Waals surface area contributed by atoms with E-state index in [2.05, 4.69) is 20.8 Å². The fraction of sp³-hybridized carbons (Fsp3) is 1.00. The maximum atomic E-state index is 11.3. The molecule has 1 saturated carbocycles. The van der Waals surface area contributed by atoms with Crippen molar-refractivity contribution < 1.29 is 20.1 Å². The first-order chi connectivity index (χ1) is 11.2. The molecule has 1 heterocycles. The average molecular weight is 357 g/mol. The van der Waals surface area contributed by atoms with Crippen molar-refractivity contribution in [3.05, 3.63) is 0 Å². The number of rotatable bonds is 5. The van der Waals surface area contributed by atoms with Crippen LogP contribution in [0.5, 0.6) is 0 Å². The van der Waals surface area contributed by atoms with Crippen LogP contribution >= 0.6 is 0 Å². The Labute approximate surface area is 154 Å². The molecule has 0 bridgehead atoms. The third kappa shape index (κ3) is 4.07. The van der Waals surface area contributed by atoms with Crippen LogP contribution in [0.15, 0.2) is 0 Å². The molecule has 0 aromatic rings. The van der Waals surface area contributed by atoms with E-state index in [-0.39, 0.29) is 5.92 Å². The zero-order chi connectivity index (χ0) is 19.3. The molecule has 4 nitrogen and oxygen atoms in total. The molecule has 25 heavy (non-hydrogen) atoms. The van der Waals surface area contributed by atoms with Crippen LogP contribution in [0.2, 0.25) is 0 Å². The molecule has 1 saturated heterocycles. The molecule has 0 amide bonds. The highest BCUT2D eigenvalue weighted by Gasteiger charge is 2.55. The van der Waals surface area contributed by atoms with Gasteiger partial charge < -0.3 is 20.1 Å². The Hall–Kier alpha value is -0.160. The largest absolute Gasteiger partial charge is 0.390 e. The first-order valence-corrected chi connectivity index (χ1v) is 10.1. The van der Waals surface area contributed by atoms with Gasteiger partial charge in [-0.25, -0.2) is 0 Å². The van der Waals surface area contributed by atoms with E-state index >= 15 is 0 Å². The average Bonchev–Trinajstić information content (AvgIpc) is 2.80.